The highest BCUT2D eigenvalue weighted by atomic mass is 32.2. The van der Waals surface area contributed by atoms with E-state index < -0.39 is 9.84 Å². The molecule has 0 aliphatic carbocycles. The summed E-state index contributed by atoms with van der Waals surface area (Å²) in [5, 5.41) is 3.83. The lowest BCUT2D eigenvalue weighted by Crippen LogP contribution is -2.43. The van der Waals surface area contributed by atoms with E-state index in [0.717, 1.165) is 36.0 Å². The van der Waals surface area contributed by atoms with Crippen molar-refractivity contribution in [3.63, 3.8) is 0 Å². The third-order valence-corrected chi connectivity index (χ3v) is 7.41. The van der Waals surface area contributed by atoms with Crippen LogP contribution < -0.4 is 19.7 Å². The van der Waals surface area contributed by atoms with E-state index >= 15 is 0 Å². The second-order valence-electron chi connectivity index (χ2n) is 8.74. The summed E-state index contributed by atoms with van der Waals surface area (Å²) in [5.74, 6) is 1.60. The summed E-state index contributed by atoms with van der Waals surface area (Å²) >= 11 is 0. The quantitative estimate of drug-likeness (QED) is 0.529. The molecule has 0 bridgehead atoms. The lowest BCUT2D eigenvalue weighted by molar-refractivity contribution is -0.125. The van der Waals surface area contributed by atoms with Crippen LogP contribution in [0.2, 0.25) is 0 Å². The van der Waals surface area contributed by atoms with Crippen LogP contribution in [0.3, 0.4) is 0 Å². The van der Waals surface area contributed by atoms with Crippen molar-refractivity contribution in [2.45, 2.75) is 31.2 Å². The van der Waals surface area contributed by atoms with Gasteiger partial charge in [0.2, 0.25) is 11.9 Å². The number of anilines is 1. The number of fused-ring (bicyclic) bond motifs is 1. The van der Waals surface area contributed by atoms with E-state index in [1.807, 2.05) is 24.0 Å². The second kappa shape index (κ2) is 10.1. The third kappa shape index (κ3) is 5.48. The van der Waals surface area contributed by atoms with Crippen molar-refractivity contribution in [1.29, 1.82) is 0 Å². The summed E-state index contributed by atoms with van der Waals surface area (Å²) in [5.41, 5.74) is 2.21. The topological polar surface area (TPSA) is 111 Å². The minimum Gasteiger partial charge on any atom is -0.497 e. The van der Waals surface area contributed by atoms with E-state index in [0.29, 0.717) is 36.1 Å². The van der Waals surface area contributed by atoms with Crippen LogP contribution in [-0.4, -0.2) is 57.9 Å². The SMILES string of the molecule is COc1ccc(CNC(=O)[C@H]2CCCN(c3nc(C)c4ccc(S(C)(=O)=O)cc4n3)C2)c(OC)c1. The first-order chi connectivity index (χ1) is 16.7. The molecule has 4 rings (SSSR count). The second-order valence-corrected chi connectivity index (χ2v) is 10.8. The van der Waals surface area contributed by atoms with E-state index in [2.05, 4.69) is 15.3 Å². The van der Waals surface area contributed by atoms with Gasteiger partial charge in [-0.25, -0.2) is 18.4 Å². The molecule has 1 N–H and O–H groups in total. The molecule has 1 fully saturated rings. The summed E-state index contributed by atoms with van der Waals surface area (Å²) in [4.78, 5) is 24.5. The maximum Gasteiger partial charge on any atom is 0.226 e. The zero-order valence-electron chi connectivity index (χ0n) is 20.4. The molecule has 2 aromatic carbocycles. The first kappa shape index (κ1) is 24.7. The zero-order valence-corrected chi connectivity index (χ0v) is 21.2. The summed E-state index contributed by atoms with van der Waals surface area (Å²) in [6.45, 7) is 3.45. The Hall–Kier alpha value is -3.40. The van der Waals surface area contributed by atoms with Gasteiger partial charge in [0.25, 0.3) is 0 Å². The number of sulfone groups is 1. The van der Waals surface area contributed by atoms with Crippen LogP contribution in [0.25, 0.3) is 10.9 Å². The number of rotatable bonds is 7. The van der Waals surface area contributed by atoms with Crippen LogP contribution >= 0.6 is 0 Å². The number of ether oxygens (including phenoxy) is 2. The first-order valence-electron chi connectivity index (χ1n) is 11.4. The number of aryl methyl sites for hydroxylation is 1. The summed E-state index contributed by atoms with van der Waals surface area (Å²) in [6.07, 6.45) is 2.78. The van der Waals surface area contributed by atoms with Crippen molar-refractivity contribution in [2.75, 3.05) is 38.5 Å². The maximum absolute atomic E-state index is 13.0. The monoisotopic (exact) mass is 498 g/mol. The number of methoxy groups -OCH3 is 2. The highest BCUT2D eigenvalue weighted by molar-refractivity contribution is 7.90. The average molecular weight is 499 g/mol. The lowest BCUT2D eigenvalue weighted by atomic mass is 9.97. The molecule has 1 aliphatic heterocycles. The summed E-state index contributed by atoms with van der Waals surface area (Å²) in [7, 11) is -0.166. The lowest BCUT2D eigenvalue weighted by Gasteiger charge is -2.32. The van der Waals surface area contributed by atoms with E-state index in [9.17, 15) is 13.2 Å². The van der Waals surface area contributed by atoms with E-state index in [1.165, 1.54) is 6.26 Å². The number of nitrogens with one attached hydrogen (secondary N) is 1. The van der Waals surface area contributed by atoms with Gasteiger partial charge in [0.15, 0.2) is 9.84 Å². The van der Waals surface area contributed by atoms with Crippen LogP contribution in [0.1, 0.15) is 24.1 Å². The number of hydrogen-bond acceptors (Lipinski definition) is 8. The van der Waals surface area contributed by atoms with Gasteiger partial charge in [-0.3, -0.25) is 4.79 Å². The third-order valence-electron chi connectivity index (χ3n) is 6.30. The molecular weight excluding hydrogens is 468 g/mol. The molecule has 1 aromatic heterocycles. The van der Waals surface area contributed by atoms with Gasteiger partial charge >= 0.3 is 0 Å². The number of aromatic nitrogens is 2. The van der Waals surface area contributed by atoms with Gasteiger partial charge in [0.05, 0.1) is 36.2 Å². The minimum absolute atomic E-state index is 0.0376. The molecule has 1 saturated heterocycles. The Morgan fingerprint density at radius 1 is 1.14 bits per heavy atom. The Bertz CT molecular complexity index is 1360. The highest BCUT2D eigenvalue weighted by Crippen LogP contribution is 2.27. The fourth-order valence-corrected chi connectivity index (χ4v) is 4.96. The number of hydrogen-bond donors (Lipinski definition) is 1. The van der Waals surface area contributed by atoms with Crippen molar-refractivity contribution in [3.05, 3.63) is 47.7 Å². The van der Waals surface area contributed by atoms with Gasteiger partial charge in [0, 0.05) is 42.9 Å². The molecular formula is C25H30N4O5S. The van der Waals surface area contributed by atoms with Crippen LogP contribution in [0.4, 0.5) is 5.95 Å². The highest BCUT2D eigenvalue weighted by Gasteiger charge is 2.27. The fraction of sp³-hybridized carbons (Fsp3) is 0.400. The molecule has 1 atom stereocenters. The van der Waals surface area contributed by atoms with E-state index in [-0.39, 0.29) is 16.7 Å². The van der Waals surface area contributed by atoms with Gasteiger partial charge in [-0.15, -0.1) is 0 Å². The van der Waals surface area contributed by atoms with Crippen molar-refractivity contribution in [1.82, 2.24) is 15.3 Å². The van der Waals surface area contributed by atoms with Crippen LogP contribution in [0, 0.1) is 12.8 Å². The number of amides is 1. The molecule has 0 unspecified atom stereocenters. The van der Waals surface area contributed by atoms with Crippen molar-refractivity contribution in [3.8, 4) is 11.5 Å². The van der Waals surface area contributed by atoms with Gasteiger partial charge in [-0.2, -0.15) is 0 Å². The van der Waals surface area contributed by atoms with Gasteiger partial charge in [-0.1, -0.05) is 0 Å². The molecule has 10 heteroatoms. The summed E-state index contributed by atoms with van der Waals surface area (Å²) < 4.78 is 34.6. The normalized spacial score (nSPS) is 16.2. The molecule has 0 spiro atoms. The van der Waals surface area contributed by atoms with Crippen molar-refractivity contribution < 1.29 is 22.7 Å². The van der Waals surface area contributed by atoms with Crippen LogP contribution in [0.5, 0.6) is 11.5 Å². The largest absolute Gasteiger partial charge is 0.497 e. The van der Waals surface area contributed by atoms with Crippen molar-refractivity contribution >= 4 is 32.6 Å². The number of piperidine rings is 1. The molecule has 9 nitrogen and oxygen atoms in total. The molecule has 0 radical (unpaired) electrons. The molecule has 35 heavy (non-hydrogen) atoms. The standard InChI is InChI=1S/C25H30N4O5S/c1-16-21-10-9-20(35(4,31)32)13-22(21)28-25(27-16)29-11-5-6-18(15-29)24(30)26-14-17-7-8-19(33-2)12-23(17)34-3/h7-10,12-13,18H,5-6,11,14-15H2,1-4H3,(H,26,30)/t18-/m0/s1. The zero-order chi connectivity index (χ0) is 25.2. The van der Waals surface area contributed by atoms with Gasteiger partial charge < -0.3 is 19.7 Å². The predicted octanol–water partition coefficient (Wildman–Crippen LogP) is 2.89. The number of carbonyl (C=O) groups is 1. The Balaban J connectivity index is 1.49. The maximum atomic E-state index is 13.0. The molecule has 0 saturated carbocycles. The van der Waals surface area contributed by atoms with E-state index in [1.54, 1.807) is 38.5 Å². The smallest absolute Gasteiger partial charge is 0.226 e. The molecule has 1 amide bonds. The Morgan fingerprint density at radius 2 is 1.94 bits per heavy atom. The Labute approximate surface area is 205 Å². The van der Waals surface area contributed by atoms with Gasteiger partial charge in [-0.05, 0) is 50.1 Å². The molecule has 2 heterocycles. The number of nitrogens with zero attached hydrogens (tertiary/aromatic N) is 3. The fourth-order valence-electron chi connectivity index (χ4n) is 4.32. The number of carbonyl (C=O) groups excluding carboxylic acids is 1. The molecule has 1 aliphatic rings. The Kier molecular flexibility index (Phi) is 7.11. The van der Waals surface area contributed by atoms with Crippen LogP contribution in [-0.2, 0) is 21.2 Å². The van der Waals surface area contributed by atoms with E-state index in [4.69, 9.17) is 9.47 Å². The predicted molar refractivity (Wildman–Crippen MR) is 134 cm³/mol. The van der Waals surface area contributed by atoms with Gasteiger partial charge in [0.1, 0.15) is 11.5 Å². The van der Waals surface area contributed by atoms with Crippen LogP contribution in [0.15, 0.2) is 41.3 Å². The Morgan fingerprint density at radius 3 is 2.66 bits per heavy atom. The molecule has 186 valence electrons. The molecule has 3 aromatic rings. The van der Waals surface area contributed by atoms with Crippen molar-refractivity contribution in [2.24, 2.45) is 5.92 Å². The minimum atomic E-state index is -3.35. The first-order valence-corrected chi connectivity index (χ1v) is 13.3. The average Bonchev–Trinajstić information content (AvgIpc) is 2.86. The summed E-state index contributed by atoms with van der Waals surface area (Å²) in [6, 6.07) is 10.4. The number of benzene rings is 2.